The van der Waals surface area contributed by atoms with Gasteiger partial charge in [-0.1, -0.05) is 50.3 Å². The van der Waals surface area contributed by atoms with E-state index in [0.29, 0.717) is 12.5 Å². The zero-order valence-electron chi connectivity index (χ0n) is 18.4. The summed E-state index contributed by atoms with van der Waals surface area (Å²) in [5.41, 5.74) is 5.81. The van der Waals surface area contributed by atoms with Crippen LogP contribution in [0.1, 0.15) is 92.4 Å². The number of aromatic nitrogens is 1. The standard InChI is InChI=1S/C27H35FN2/c1-30-25-8-4-3-7-23(25)24-10-9-20(17-26(24)30)15-22-16-21(18-29-19-22)11-14-27(28)12-5-2-6-13-27/h9-10,16-19,23,25H,2-8,11-15H2,1H3. The summed E-state index contributed by atoms with van der Waals surface area (Å²) in [6.07, 6.45) is 16.4. The van der Waals surface area contributed by atoms with E-state index < -0.39 is 5.67 Å². The Morgan fingerprint density at radius 3 is 2.63 bits per heavy atom. The van der Waals surface area contributed by atoms with Crippen LogP contribution in [0.4, 0.5) is 10.1 Å². The van der Waals surface area contributed by atoms with Crippen molar-refractivity contribution in [3.8, 4) is 0 Å². The average Bonchev–Trinajstić information content (AvgIpc) is 3.05. The van der Waals surface area contributed by atoms with Crippen LogP contribution in [0.15, 0.2) is 36.7 Å². The molecule has 0 N–H and O–H groups in total. The molecule has 2 nitrogen and oxygen atoms in total. The minimum Gasteiger partial charge on any atom is -0.371 e. The molecule has 5 rings (SSSR count). The molecule has 2 saturated carbocycles. The Hall–Kier alpha value is -1.90. The molecule has 3 aliphatic rings. The maximum absolute atomic E-state index is 15.0. The highest BCUT2D eigenvalue weighted by Gasteiger charge is 2.37. The van der Waals surface area contributed by atoms with Gasteiger partial charge in [-0.3, -0.25) is 4.98 Å². The van der Waals surface area contributed by atoms with Gasteiger partial charge in [0.15, 0.2) is 0 Å². The van der Waals surface area contributed by atoms with Gasteiger partial charge < -0.3 is 4.90 Å². The summed E-state index contributed by atoms with van der Waals surface area (Å²) in [4.78, 5) is 7.01. The number of hydrogen-bond acceptors (Lipinski definition) is 2. The van der Waals surface area contributed by atoms with E-state index in [4.69, 9.17) is 0 Å². The van der Waals surface area contributed by atoms with Crippen molar-refractivity contribution in [2.45, 2.75) is 94.7 Å². The molecule has 0 saturated heterocycles. The van der Waals surface area contributed by atoms with Crippen LogP contribution in [0.3, 0.4) is 0 Å². The summed E-state index contributed by atoms with van der Waals surface area (Å²) < 4.78 is 15.0. The van der Waals surface area contributed by atoms with Crippen LogP contribution in [0.2, 0.25) is 0 Å². The number of hydrogen-bond donors (Lipinski definition) is 0. The van der Waals surface area contributed by atoms with E-state index in [2.05, 4.69) is 41.2 Å². The van der Waals surface area contributed by atoms with Crippen LogP contribution in [0, 0.1) is 0 Å². The fourth-order valence-electron chi connectivity index (χ4n) is 6.25. The maximum Gasteiger partial charge on any atom is 0.111 e. The lowest BCUT2D eigenvalue weighted by Crippen LogP contribution is -2.32. The second-order valence-electron chi connectivity index (χ2n) is 10.1. The minimum atomic E-state index is -0.949. The quantitative estimate of drug-likeness (QED) is 0.546. The SMILES string of the molecule is CN1c2cc(Cc3cncc(CCC4(F)CCCCC4)c3)ccc2C2CCCCC21. The molecule has 0 spiro atoms. The molecule has 2 atom stereocenters. The van der Waals surface area contributed by atoms with Gasteiger partial charge in [0, 0.05) is 37.1 Å². The van der Waals surface area contributed by atoms with E-state index >= 15 is 0 Å². The van der Waals surface area contributed by atoms with Crippen LogP contribution < -0.4 is 4.90 Å². The smallest absolute Gasteiger partial charge is 0.111 e. The van der Waals surface area contributed by atoms with E-state index in [0.717, 1.165) is 44.4 Å². The highest BCUT2D eigenvalue weighted by molar-refractivity contribution is 5.63. The third-order valence-electron chi connectivity index (χ3n) is 7.97. The van der Waals surface area contributed by atoms with Gasteiger partial charge in [-0.25, -0.2) is 4.39 Å². The third-order valence-corrected chi connectivity index (χ3v) is 7.97. The van der Waals surface area contributed by atoms with E-state index in [1.54, 1.807) is 5.56 Å². The van der Waals surface area contributed by atoms with Crippen molar-refractivity contribution in [3.63, 3.8) is 0 Å². The number of anilines is 1. The van der Waals surface area contributed by atoms with Crippen molar-refractivity contribution in [1.82, 2.24) is 4.98 Å². The average molecular weight is 407 g/mol. The van der Waals surface area contributed by atoms with E-state index in [9.17, 15) is 4.39 Å². The van der Waals surface area contributed by atoms with Gasteiger partial charge in [0.25, 0.3) is 0 Å². The molecular weight excluding hydrogens is 371 g/mol. The van der Waals surface area contributed by atoms with E-state index in [-0.39, 0.29) is 0 Å². The Bertz CT molecular complexity index is 886. The molecule has 1 aliphatic heterocycles. The van der Waals surface area contributed by atoms with Crippen LogP contribution >= 0.6 is 0 Å². The zero-order chi connectivity index (χ0) is 20.6. The van der Waals surface area contributed by atoms with Gasteiger partial charge in [0.1, 0.15) is 5.67 Å². The first kappa shape index (κ1) is 20.0. The maximum atomic E-state index is 15.0. The fourth-order valence-corrected chi connectivity index (χ4v) is 6.25. The molecule has 2 unspecified atom stereocenters. The highest BCUT2D eigenvalue weighted by atomic mass is 19.1. The Morgan fingerprint density at radius 1 is 0.967 bits per heavy atom. The second kappa shape index (κ2) is 8.32. The van der Waals surface area contributed by atoms with Crippen molar-refractivity contribution < 1.29 is 4.39 Å². The number of pyridine rings is 1. The molecule has 1 aromatic heterocycles. The summed E-state index contributed by atoms with van der Waals surface area (Å²) in [6, 6.07) is 10.0. The Morgan fingerprint density at radius 2 is 1.77 bits per heavy atom. The summed E-state index contributed by atoms with van der Waals surface area (Å²) >= 11 is 0. The molecule has 2 heterocycles. The first-order valence-corrected chi connectivity index (χ1v) is 12.1. The summed E-state index contributed by atoms with van der Waals surface area (Å²) in [7, 11) is 2.28. The normalized spacial score (nSPS) is 25.1. The van der Waals surface area contributed by atoms with Gasteiger partial charge in [-0.15, -0.1) is 0 Å². The third kappa shape index (κ3) is 4.00. The van der Waals surface area contributed by atoms with Gasteiger partial charge in [-0.2, -0.15) is 0 Å². The molecule has 2 aliphatic carbocycles. The lowest BCUT2D eigenvalue weighted by atomic mass is 9.82. The lowest BCUT2D eigenvalue weighted by molar-refractivity contribution is 0.0967. The van der Waals surface area contributed by atoms with Crippen molar-refractivity contribution in [3.05, 3.63) is 58.9 Å². The summed E-state index contributed by atoms with van der Waals surface area (Å²) in [6.45, 7) is 0. The van der Waals surface area contributed by atoms with Crippen molar-refractivity contribution in [2.75, 3.05) is 11.9 Å². The molecule has 30 heavy (non-hydrogen) atoms. The first-order chi connectivity index (χ1) is 14.6. The molecule has 1 aromatic carbocycles. The largest absolute Gasteiger partial charge is 0.371 e. The molecule has 160 valence electrons. The van der Waals surface area contributed by atoms with E-state index in [1.165, 1.54) is 54.5 Å². The van der Waals surface area contributed by atoms with Crippen LogP contribution in [-0.4, -0.2) is 23.7 Å². The van der Waals surface area contributed by atoms with Crippen LogP contribution in [-0.2, 0) is 12.8 Å². The predicted octanol–water partition coefficient (Wildman–Crippen LogP) is 6.75. The van der Waals surface area contributed by atoms with E-state index in [1.807, 2.05) is 12.4 Å². The number of alkyl halides is 1. The minimum absolute atomic E-state index is 0.643. The molecule has 3 heteroatoms. The molecule has 0 radical (unpaired) electrons. The number of halogens is 1. The number of nitrogens with zero attached hydrogens (tertiary/aromatic N) is 2. The Kier molecular flexibility index (Phi) is 5.56. The molecule has 0 amide bonds. The highest BCUT2D eigenvalue weighted by Crippen LogP contribution is 2.47. The van der Waals surface area contributed by atoms with Crippen LogP contribution in [0.5, 0.6) is 0 Å². The Balaban J connectivity index is 1.28. The first-order valence-electron chi connectivity index (χ1n) is 12.1. The van der Waals surface area contributed by atoms with Gasteiger partial charge >= 0.3 is 0 Å². The van der Waals surface area contributed by atoms with Crippen molar-refractivity contribution >= 4 is 5.69 Å². The van der Waals surface area contributed by atoms with Gasteiger partial charge in [0.2, 0.25) is 0 Å². The van der Waals surface area contributed by atoms with Crippen molar-refractivity contribution in [1.29, 1.82) is 0 Å². The van der Waals surface area contributed by atoms with Gasteiger partial charge in [0.05, 0.1) is 0 Å². The number of benzene rings is 1. The number of likely N-dealkylation sites (N-methyl/N-ethyl adjacent to an activating group) is 1. The lowest BCUT2D eigenvalue weighted by Gasteiger charge is -2.30. The number of aryl methyl sites for hydroxylation is 1. The van der Waals surface area contributed by atoms with Crippen LogP contribution in [0.25, 0.3) is 0 Å². The van der Waals surface area contributed by atoms with Crippen molar-refractivity contribution in [2.24, 2.45) is 0 Å². The topological polar surface area (TPSA) is 16.1 Å². The fraction of sp³-hybridized carbons (Fsp3) is 0.593. The summed E-state index contributed by atoms with van der Waals surface area (Å²) in [5.74, 6) is 0.727. The molecule has 0 bridgehead atoms. The molecular formula is C27H35FN2. The van der Waals surface area contributed by atoms with Gasteiger partial charge in [-0.05, 0) is 73.3 Å². The second-order valence-corrected chi connectivity index (χ2v) is 10.1. The number of rotatable bonds is 5. The summed E-state index contributed by atoms with van der Waals surface area (Å²) in [5, 5.41) is 0. The zero-order valence-corrected chi connectivity index (χ0v) is 18.4. The molecule has 2 aromatic rings. The monoisotopic (exact) mass is 406 g/mol. The predicted molar refractivity (Wildman–Crippen MR) is 122 cm³/mol. The Labute approximate surface area is 180 Å². The number of fused-ring (bicyclic) bond motifs is 3. The molecule has 2 fully saturated rings.